The number of nitrogens with zero attached hydrogens (tertiary/aromatic N) is 1. The molecule has 1 aromatic carbocycles. The first-order valence-electron chi connectivity index (χ1n) is 7.90. The van der Waals surface area contributed by atoms with Gasteiger partial charge in [-0.15, -0.1) is 0 Å². The summed E-state index contributed by atoms with van der Waals surface area (Å²) in [7, 11) is 0. The molecule has 2 atom stereocenters. The molecule has 1 heterocycles. The Morgan fingerprint density at radius 3 is 2.90 bits per heavy atom. The molecule has 2 rings (SSSR count). The minimum atomic E-state index is -0.461. The molecule has 4 heteroatoms. The van der Waals surface area contributed by atoms with Crippen molar-refractivity contribution in [1.82, 2.24) is 4.90 Å². The summed E-state index contributed by atoms with van der Waals surface area (Å²) in [6, 6.07) is 9.48. The molecule has 0 aliphatic carbocycles. The van der Waals surface area contributed by atoms with E-state index in [0.717, 1.165) is 38.0 Å². The van der Waals surface area contributed by atoms with Gasteiger partial charge in [-0.2, -0.15) is 0 Å². The highest BCUT2D eigenvalue weighted by Gasteiger charge is 2.27. The summed E-state index contributed by atoms with van der Waals surface area (Å²) in [6.07, 6.45) is 3.82. The fraction of sp³-hybridized carbons (Fsp3) is 0.588. The highest BCUT2D eigenvalue weighted by atomic mass is 16.5. The Bertz CT molecular complexity index is 436. The summed E-state index contributed by atoms with van der Waals surface area (Å²) >= 11 is 0. The van der Waals surface area contributed by atoms with Gasteiger partial charge < -0.3 is 15.4 Å². The number of carbonyl (C=O) groups excluding carboxylic acids is 1. The van der Waals surface area contributed by atoms with Gasteiger partial charge in [0, 0.05) is 19.7 Å². The van der Waals surface area contributed by atoms with Crippen molar-refractivity contribution in [1.29, 1.82) is 0 Å². The lowest BCUT2D eigenvalue weighted by atomic mass is 10.0. The van der Waals surface area contributed by atoms with Crippen molar-refractivity contribution in [3.05, 3.63) is 35.9 Å². The number of hydrogen-bond donors (Lipinski definition) is 1. The van der Waals surface area contributed by atoms with Crippen molar-refractivity contribution in [2.75, 3.05) is 19.7 Å². The van der Waals surface area contributed by atoms with Crippen molar-refractivity contribution in [2.45, 2.75) is 44.8 Å². The summed E-state index contributed by atoms with van der Waals surface area (Å²) in [6.45, 7) is 4.35. The normalized spacial score (nSPS) is 20.3. The van der Waals surface area contributed by atoms with Crippen LogP contribution in [0.5, 0.6) is 0 Å². The number of carbonyl (C=O) groups is 1. The Labute approximate surface area is 127 Å². The third-order valence-corrected chi connectivity index (χ3v) is 3.86. The van der Waals surface area contributed by atoms with E-state index < -0.39 is 6.04 Å². The smallest absolute Gasteiger partial charge is 0.239 e. The maximum atomic E-state index is 12.5. The van der Waals surface area contributed by atoms with Crippen molar-refractivity contribution in [3.63, 3.8) is 0 Å². The van der Waals surface area contributed by atoms with E-state index in [4.69, 9.17) is 10.5 Å². The van der Waals surface area contributed by atoms with Gasteiger partial charge in [0.15, 0.2) is 0 Å². The van der Waals surface area contributed by atoms with E-state index in [9.17, 15) is 4.79 Å². The van der Waals surface area contributed by atoms with Gasteiger partial charge in [-0.3, -0.25) is 4.79 Å². The van der Waals surface area contributed by atoms with E-state index >= 15 is 0 Å². The number of piperidine rings is 1. The zero-order valence-corrected chi connectivity index (χ0v) is 12.8. The molecule has 2 N–H and O–H groups in total. The first kappa shape index (κ1) is 16.0. The van der Waals surface area contributed by atoms with E-state index in [2.05, 4.69) is 6.92 Å². The molecule has 116 valence electrons. The molecule has 1 aliphatic rings. The summed E-state index contributed by atoms with van der Waals surface area (Å²) < 4.78 is 5.78. The van der Waals surface area contributed by atoms with E-state index in [0.29, 0.717) is 13.0 Å². The van der Waals surface area contributed by atoms with Crippen LogP contribution < -0.4 is 5.73 Å². The SMILES string of the molecule is CCCOC1CCCN(C(=O)C(N)Cc2ccccc2)C1. The molecule has 1 aromatic rings. The van der Waals surface area contributed by atoms with Gasteiger partial charge in [0.25, 0.3) is 0 Å². The molecule has 0 radical (unpaired) electrons. The Hall–Kier alpha value is -1.39. The maximum Gasteiger partial charge on any atom is 0.239 e. The van der Waals surface area contributed by atoms with E-state index in [1.807, 2.05) is 35.2 Å². The molecule has 2 unspecified atom stereocenters. The Morgan fingerprint density at radius 1 is 1.43 bits per heavy atom. The predicted molar refractivity (Wildman–Crippen MR) is 84.0 cm³/mol. The monoisotopic (exact) mass is 290 g/mol. The van der Waals surface area contributed by atoms with Crippen LogP contribution in [0.4, 0.5) is 0 Å². The van der Waals surface area contributed by atoms with Crippen molar-refractivity contribution in [3.8, 4) is 0 Å². The van der Waals surface area contributed by atoms with Crippen LogP contribution in [-0.4, -0.2) is 42.6 Å². The largest absolute Gasteiger partial charge is 0.376 e. The molecule has 1 saturated heterocycles. The van der Waals surface area contributed by atoms with Gasteiger partial charge in [-0.25, -0.2) is 0 Å². The van der Waals surface area contributed by atoms with Gasteiger partial charge in [0.2, 0.25) is 5.91 Å². The molecule has 1 aliphatic heterocycles. The fourth-order valence-electron chi connectivity index (χ4n) is 2.75. The summed E-state index contributed by atoms with van der Waals surface area (Å²) in [4.78, 5) is 14.3. The Kier molecular flexibility index (Phi) is 6.21. The van der Waals surface area contributed by atoms with Crippen LogP contribution in [-0.2, 0) is 16.0 Å². The Morgan fingerprint density at radius 2 is 2.19 bits per heavy atom. The van der Waals surface area contributed by atoms with Gasteiger partial charge in [-0.05, 0) is 31.2 Å². The molecular weight excluding hydrogens is 264 g/mol. The highest BCUT2D eigenvalue weighted by Crippen LogP contribution is 2.15. The average molecular weight is 290 g/mol. The maximum absolute atomic E-state index is 12.5. The minimum absolute atomic E-state index is 0.0450. The highest BCUT2D eigenvalue weighted by molar-refractivity contribution is 5.82. The first-order chi connectivity index (χ1) is 10.2. The minimum Gasteiger partial charge on any atom is -0.376 e. The van der Waals surface area contributed by atoms with E-state index in [-0.39, 0.29) is 12.0 Å². The lowest BCUT2D eigenvalue weighted by Crippen LogP contribution is -2.50. The van der Waals surface area contributed by atoms with Gasteiger partial charge in [-0.1, -0.05) is 37.3 Å². The first-order valence-corrected chi connectivity index (χ1v) is 7.90. The standard InChI is InChI=1S/C17H26N2O2/c1-2-11-21-15-9-6-10-19(13-15)17(20)16(18)12-14-7-4-3-5-8-14/h3-5,7-8,15-16H,2,6,9-13,18H2,1H3. The zero-order valence-electron chi connectivity index (χ0n) is 12.8. The average Bonchev–Trinajstić information content (AvgIpc) is 2.53. The second kappa shape index (κ2) is 8.15. The van der Waals surface area contributed by atoms with Crippen LogP contribution in [0.3, 0.4) is 0 Å². The van der Waals surface area contributed by atoms with Crippen molar-refractivity contribution in [2.24, 2.45) is 5.73 Å². The van der Waals surface area contributed by atoms with Crippen molar-refractivity contribution >= 4 is 5.91 Å². The molecule has 4 nitrogen and oxygen atoms in total. The number of rotatable bonds is 6. The number of likely N-dealkylation sites (tertiary alicyclic amines) is 1. The molecule has 0 aromatic heterocycles. The second-order valence-electron chi connectivity index (χ2n) is 5.72. The van der Waals surface area contributed by atoms with Crippen LogP contribution in [0.2, 0.25) is 0 Å². The molecule has 0 saturated carbocycles. The number of hydrogen-bond acceptors (Lipinski definition) is 3. The number of ether oxygens (including phenoxy) is 1. The van der Waals surface area contributed by atoms with Crippen LogP contribution in [0.15, 0.2) is 30.3 Å². The van der Waals surface area contributed by atoms with Gasteiger partial charge in [0.05, 0.1) is 12.1 Å². The zero-order chi connectivity index (χ0) is 15.1. The lowest BCUT2D eigenvalue weighted by Gasteiger charge is -2.34. The molecular formula is C17H26N2O2. The van der Waals surface area contributed by atoms with E-state index in [1.165, 1.54) is 0 Å². The number of amides is 1. The third-order valence-electron chi connectivity index (χ3n) is 3.86. The summed E-state index contributed by atoms with van der Waals surface area (Å²) in [5.41, 5.74) is 7.20. The molecule has 1 fully saturated rings. The number of benzene rings is 1. The number of nitrogens with two attached hydrogens (primary N) is 1. The quantitative estimate of drug-likeness (QED) is 0.871. The Balaban J connectivity index is 1.86. The predicted octanol–water partition coefficient (Wildman–Crippen LogP) is 1.97. The van der Waals surface area contributed by atoms with Crippen molar-refractivity contribution < 1.29 is 9.53 Å². The summed E-state index contributed by atoms with van der Waals surface area (Å²) in [5.74, 6) is 0.0450. The molecule has 0 spiro atoms. The molecule has 21 heavy (non-hydrogen) atoms. The van der Waals surface area contributed by atoms with Crippen LogP contribution in [0, 0.1) is 0 Å². The molecule has 1 amide bonds. The summed E-state index contributed by atoms with van der Waals surface area (Å²) in [5, 5.41) is 0. The van der Waals surface area contributed by atoms with Gasteiger partial charge >= 0.3 is 0 Å². The van der Waals surface area contributed by atoms with Crippen LogP contribution in [0.25, 0.3) is 0 Å². The van der Waals surface area contributed by atoms with Crippen LogP contribution in [0.1, 0.15) is 31.7 Å². The topological polar surface area (TPSA) is 55.6 Å². The molecule has 0 bridgehead atoms. The van der Waals surface area contributed by atoms with Gasteiger partial charge in [0.1, 0.15) is 0 Å². The lowest BCUT2D eigenvalue weighted by molar-refractivity contribution is -0.136. The second-order valence-corrected chi connectivity index (χ2v) is 5.72. The van der Waals surface area contributed by atoms with E-state index in [1.54, 1.807) is 0 Å². The third kappa shape index (κ3) is 4.83. The fourth-order valence-corrected chi connectivity index (χ4v) is 2.75. The van der Waals surface area contributed by atoms with Crippen LogP contribution >= 0.6 is 0 Å².